The minimum Gasteiger partial charge on any atom is -0.465 e. The Morgan fingerprint density at radius 2 is 1.45 bits per heavy atom. The van der Waals surface area contributed by atoms with Gasteiger partial charge in [0.05, 0.1) is 12.5 Å². The molecule has 0 aliphatic heterocycles. The molecule has 0 saturated heterocycles. The second-order valence-corrected chi connectivity index (χ2v) is 7.70. The maximum atomic E-state index is 12.0. The lowest BCUT2D eigenvalue weighted by atomic mass is 9.68. The van der Waals surface area contributed by atoms with E-state index in [9.17, 15) is 4.79 Å². The molecule has 2 saturated carbocycles. The number of carbonyl (C=O) groups excluding carboxylic acids is 1. The Labute approximate surface area is 137 Å². The van der Waals surface area contributed by atoms with Crippen molar-refractivity contribution < 1.29 is 9.53 Å². The fourth-order valence-electron chi connectivity index (χ4n) is 4.59. The van der Waals surface area contributed by atoms with Crippen LogP contribution in [0.4, 0.5) is 0 Å². The molecule has 0 spiro atoms. The number of unbranched alkanes of at least 4 members (excludes halogenated alkanes) is 1. The standard InChI is InChI=1S/C20H36O2/c1-3-5-6-16-7-9-17(10-8-16)18-11-13-19(14-12-18)20(21)22-15-4-2/h16-19H,3-15H2,1-2H3. The van der Waals surface area contributed by atoms with E-state index >= 15 is 0 Å². The van der Waals surface area contributed by atoms with Crippen LogP contribution in [-0.2, 0) is 9.53 Å². The highest BCUT2D eigenvalue weighted by molar-refractivity contribution is 5.72. The molecule has 0 aromatic rings. The van der Waals surface area contributed by atoms with Crippen LogP contribution in [0.15, 0.2) is 0 Å². The van der Waals surface area contributed by atoms with Crippen molar-refractivity contribution in [3.63, 3.8) is 0 Å². The third kappa shape index (κ3) is 5.28. The van der Waals surface area contributed by atoms with Gasteiger partial charge in [-0.05, 0) is 62.7 Å². The topological polar surface area (TPSA) is 26.3 Å². The third-order valence-electron chi connectivity index (χ3n) is 6.08. The summed E-state index contributed by atoms with van der Waals surface area (Å²) in [5.74, 6) is 3.12. The highest BCUT2D eigenvalue weighted by Gasteiger charge is 2.33. The van der Waals surface area contributed by atoms with Crippen molar-refractivity contribution in [2.45, 2.75) is 90.9 Å². The SMILES string of the molecule is CCCCC1CCC(C2CCC(C(=O)OCCC)CC2)CC1. The molecule has 2 aliphatic carbocycles. The van der Waals surface area contributed by atoms with Gasteiger partial charge in [-0.1, -0.05) is 46.0 Å². The second kappa shape index (κ2) is 9.57. The molecule has 0 aromatic carbocycles. The van der Waals surface area contributed by atoms with Gasteiger partial charge in [-0.2, -0.15) is 0 Å². The molecular formula is C20H36O2. The summed E-state index contributed by atoms with van der Waals surface area (Å²) in [7, 11) is 0. The van der Waals surface area contributed by atoms with Crippen LogP contribution in [0.25, 0.3) is 0 Å². The van der Waals surface area contributed by atoms with Gasteiger partial charge in [-0.3, -0.25) is 4.79 Å². The molecule has 0 bridgehead atoms. The number of ether oxygens (including phenoxy) is 1. The summed E-state index contributed by atoms with van der Waals surface area (Å²) in [6.07, 6.45) is 15.6. The summed E-state index contributed by atoms with van der Waals surface area (Å²) in [6, 6.07) is 0. The first-order valence-electron chi connectivity index (χ1n) is 9.91. The van der Waals surface area contributed by atoms with Crippen LogP contribution < -0.4 is 0 Å². The van der Waals surface area contributed by atoms with E-state index in [1.165, 1.54) is 57.8 Å². The lowest BCUT2D eigenvalue weighted by molar-refractivity contribution is -0.150. The molecule has 0 unspecified atom stereocenters. The van der Waals surface area contributed by atoms with Crippen LogP contribution in [0.1, 0.15) is 90.9 Å². The van der Waals surface area contributed by atoms with Crippen molar-refractivity contribution in [2.24, 2.45) is 23.7 Å². The fraction of sp³-hybridized carbons (Fsp3) is 0.950. The molecule has 0 aromatic heterocycles. The molecule has 0 atom stereocenters. The molecule has 0 amide bonds. The number of esters is 1. The molecule has 2 heteroatoms. The van der Waals surface area contributed by atoms with Gasteiger partial charge in [0.1, 0.15) is 0 Å². The smallest absolute Gasteiger partial charge is 0.308 e. The van der Waals surface area contributed by atoms with Crippen molar-refractivity contribution in [1.82, 2.24) is 0 Å². The van der Waals surface area contributed by atoms with Crippen molar-refractivity contribution in [2.75, 3.05) is 6.61 Å². The Morgan fingerprint density at radius 1 is 0.864 bits per heavy atom. The number of carbonyl (C=O) groups is 1. The second-order valence-electron chi connectivity index (χ2n) is 7.70. The number of rotatable bonds is 7. The summed E-state index contributed by atoms with van der Waals surface area (Å²) in [5, 5.41) is 0. The minimum absolute atomic E-state index is 0.0728. The molecule has 2 fully saturated rings. The fourth-order valence-corrected chi connectivity index (χ4v) is 4.59. The van der Waals surface area contributed by atoms with Gasteiger partial charge < -0.3 is 4.74 Å². The Balaban J connectivity index is 1.66. The highest BCUT2D eigenvalue weighted by atomic mass is 16.5. The van der Waals surface area contributed by atoms with Gasteiger partial charge in [-0.15, -0.1) is 0 Å². The molecule has 22 heavy (non-hydrogen) atoms. The van der Waals surface area contributed by atoms with E-state index in [4.69, 9.17) is 4.74 Å². The average Bonchev–Trinajstić information content (AvgIpc) is 2.58. The molecule has 2 rings (SSSR count). The molecule has 0 heterocycles. The van der Waals surface area contributed by atoms with Crippen LogP contribution in [-0.4, -0.2) is 12.6 Å². The van der Waals surface area contributed by atoms with Crippen LogP contribution in [0.5, 0.6) is 0 Å². The van der Waals surface area contributed by atoms with E-state index < -0.39 is 0 Å². The van der Waals surface area contributed by atoms with E-state index in [0.29, 0.717) is 6.61 Å². The predicted molar refractivity (Wildman–Crippen MR) is 91.7 cm³/mol. The maximum absolute atomic E-state index is 12.0. The maximum Gasteiger partial charge on any atom is 0.308 e. The van der Waals surface area contributed by atoms with E-state index in [1.807, 2.05) is 0 Å². The van der Waals surface area contributed by atoms with Gasteiger partial charge in [0, 0.05) is 0 Å². The first-order valence-corrected chi connectivity index (χ1v) is 9.91. The molecule has 128 valence electrons. The van der Waals surface area contributed by atoms with Crippen LogP contribution in [0.3, 0.4) is 0 Å². The largest absolute Gasteiger partial charge is 0.465 e. The number of hydrogen-bond acceptors (Lipinski definition) is 2. The summed E-state index contributed by atoms with van der Waals surface area (Å²) in [6.45, 7) is 4.96. The van der Waals surface area contributed by atoms with E-state index in [0.717, 1.165) is 37.0 Å². The van der Waals surface area contributed by atoms with Crippen molar-refractivity contribution in [3.05, 3.63) is 0 Å². The zero-order chi connectivity index (χ0) is 15.8. The average molecular weight is 309 g/mol. The zero-order valence-electron chi connectivity index (χ0n) is 14.8. The van der Waals surface area contributed by atoms with E-state index in [2.05, 4.69) is 13.8 Å². The Hall–Kier alpha value is -0.530. The Bertz CT molecular complexity index is 310. The molecule has 0 N–H and O–H groups in total. The third-order valence-corrected chi connectivity index (χ3v) is 6.08. The van der Waals surface area contributed by atoms with Crippen LogP contribution >= 0.6 is 0 Å². The van der Waals surface area contributed by atoms with Gasteiger partial charge in [0.2, 0.25) is 0 Å². The zero-order valence-corrected chi connectivity index (χ0v) is 14.8. The number of hydrogen-bond donors (Lipinski definition) is 0. The molecular weight excluding hydrogens is 272 g/mol. The normalized spacial score (nSPS) is 32.6. The summed E-state index contributed by atoms with van der Waals surface area (Å²) in [4.78, 5) is 12.0. The van der Waals surface area contributed by atoms with Gasteiger partial charge >= 0.3 is 5.97 Å². The Kier molecular flexibility index (Phi) is 7.75. The monoisotopic (exact) mass is 308 g/mol. The van der Waals surface area contributed by atoms with Gasteiger partial charge in [-0.25, -0.2) is 0 Å². The first-order chi connectivity index (χ1) is 10.7. The molecule has 2 aliphatic rings. The lowest BCUT2D eigenvalue weighted by Crippen LogP contribution is -2.29. The minimum atomic E-state index is 0.0728. The first kappa shape index (κ1) is 17.8. The van der Waals surface area contributed by atoms with E-state index in [1.54, 1.807) is 0 Å². The Morgan fingerprint density at radius 3 is 2.00 bits per heavy atom. The van der Waals surface area contributed by atoms with Crippen LogP contribution in [0.2, 0.25) is 0 Å². The lowest BCUT2D eigenvalue weighted by Gasteiger charge is -2.37. The van der Waals surface area contributed by atoms with Crippen molar-refractivity contribution >= 4 is 5.97 Å². The summed E-state index contributed by atoms with van der Waals surface area (Å²) in [5.41, 5.74) is 0. The molecule has 0 radical (unpaired) electrons. The van der Waals surface area contributed by atoms with Crippen molar-refractivity contribution in [3.8, 4) is 0 Å². The van der Waals surface area contributed by atoms with Gasteiger partial charge in [0.25, 0.3) is 0 Å². The quantitative estimate of drug-likeness (QED) is 0.560. The molecule has 2 nitrogen and oxygen atoms in total. The predicted octanol–water partition coefficient (Wildman–Crippen LogP) is 5.74. The highest BCUT2D eigenvalue weighted by Crippen LogP contribution is 2.42. The van der Waals surface area contributed by atoms with Gasteiger partial charge in [0.15, 0.2) is 0 Å². The van der Waals surface area contributed by atoms with Crippen LogP contribution in [0, 0.1) is 23.7 Å². The van der Waals surface area contributed by atoms with Crippen molar-refractivity contribution in [1.29, 1.82) is 0 Å². The summed E-state index contributed by atoms with van der Waals surface area (Å²) < 4.78 is 5.32. The summed E-state index contributed by atoms with van der Waals surface area (Å²) >= 11 is 0. The van der Waals surface area contributed by atoms with E-state index in [-0.39, 0.29) is 11.9 Å².